The van der Waals surface area contributed by atoms with Gasteiger partial charge in [-0.3, -0.25) is 4.79 Å². The van der Waals surface area contributed by atoms with Crippen molar-refractivity contribution in [2.75, 3.05) is 6.54 Å². The van der Waals surface area contributed by atoms with Gasteiger partial charge in [0.25, 0.3) is 0 Å². The summed E-state index contributed by atoms with van der Waals surface area (Å²) in [5.74, 6) is 2.57. The van der Waals surface area contributed by atoms with Crippen LogP contribution in [0.3, 0.4) is 0 Å². The number of likely N-dealkylation sites (tertiary alicyclic amines) is 1. The van der Waals surface area contributed by atoms with Crippen LogP contribution in [0.15, 0.2) is 0 Å². The molecule has 0 aromatic rings. The molecule has 1 amide bonds. The highest BCUT2D eigenvalue weighted by Gasteiger charge is 2.67. The van der Waals surface area contributed by atoms with E-state index in [2.05, 4.69) is 32.6 Å². The Morgan fingerprint density at radius 2 is 1.81 bits per heavy atom. The smallest absolute Gasteiger partial charge is 0.225 e. The minimum atomic E-state index is 0.141. The molecule has 1 aliphatic heterocycles. The summed E-state index contributed by atoms with van der Waals surface area (Å²) >= 11 is 0. The van der Waals surface area contributed by atoms with E-state index in [1.54, 1.807) is 0 Å². The van der Waals surface area contributed by atoms with Crippen molar-refractivity contribution in [1.29, 1.82) is 0 Å². The highest BCUT2D eigenvalue weighted by atomic mass is 16.2. The second kappa shape index (κ2) is 3.48. The van der Waals surface area contributed by atoms with E-state index in [0.29, 0.717) is 23.3 Å². The van der Waals surface area contributed by atoms with E-state index < -0.39 is 0 Å². The number of piperidine rings is 1. The van der Waals surface area contributed by atoms with E-state index in [-0.39, 0.29) is 5.92 Å². The number of amides is 1. The van der Waals surface area contributed by atoms with Gasteiger partial charge in [0.15, 0.2) is 0 Å². The fourth-order valence-electron chi connectivity index (χ4n) is 3.68. The summed E-state index contributed by atoms with van der Waals surface area (Å²) in [5, 5.41) is 0. The number of hydrogen-bond donors (Lipinski definition) is 0. The molecule has 0 radical (unpaired) electrons. The summed E-state index contributed by atoms with van der Waals surface area (Å²) < 4.78 is 0. The molecule has 3 atom stereocenters. The Hall–Kier alpha value is -0.530. The average Bonchev–Trinajstić information content (AvgIpc) is 2.61. The Bertz CT molecular complexity index is 306. The van der Waals surface area contributed by atoms with E-state index in [1.807, 2.05) is 13.8 Å². The van der Waals surface area contributed by atoms with Crippen molar-refractivity contribution in [1.82, 2.24) is 4.90 Å². The summed E-state index contributed by atoms with van der Waals surface area (Å²) in [4.78, 5) is 14.3. The first-order valence-corrected chi connectivity index (χ1v) is 6.59. The van der Waals surface area contributed by atoms with Gasteiger partial charge in [-0.2, -0.15) is 0 Å². The highest BCUT2D eigenvalue weighted by Crippen LogP contribution is 2.66. The largest absolute Gasteiger partial charge is 0.339 e. The predicted octanol–water partition coefficient (Wildman–Crippen LogP) is 2.78. The summed E-state index contributed by atoms with van der Waals surface area (Å²) in [6.45, 7) is 14.2. The average molecular weight is 223 g/mol. The maximum Gasteiger partial charge on any atom is 0.225 e. The van der Waals surface area contributed by atoms with Crippen LogP contribution in [-0.2, 0) is 4.79 Å². The van der Waals surface area contributed by atoms with Gasteiger partial charge in [0.2, 0.25) is 5.91 Å². The zero-order valence-electron chi connectivity index (χ0n) is 11.4. The minimum absolute atomic E-state index is 0.141. The molecular formula is C14H25NO. The zero-order chi connectivity index (χ0) is 12.2. The van der Waals surface area contributed by atoms with Crippen LogP contribution in [-0.4, -0.2) is 23.4 Å². The number of rotatable bonds is 2. The molecule has 1 saturated carbocycles. The van der Waals surface area contributed by atoms with Crippen molar-refractivity contribution in [3.63, 3.8) is 0 Å². The van der Waals surface area contributed by atoms with Crippen LogP contribution in [0, 0.1) is 29.1 Å². The summed E-state index contributed by atoms with van der Waals surface area (Å²) in [5.41, 5.74) is 0.475. The van der Waals surface area contributed by atoms with Gasteiger partial charge in [-0.05, 0) is 23.2 Å². The summed E-state index contributed by atoms with van der Waals surface area (Å²) in [7, 11) is 0. The van der Waals surface area contributed by atoms with E-state index in [0.717, 1.165) is 18.4 Å². The quantitative estimate of drug-likeness (QED) is 0.705. The fraction of sp³-hybridized carbons (Fsp3) is 0.929. The third-order valence-corrected chi connectivity index (χ3v) is 4.72. The SMILES string of the molecule is CC(C)C(=O)N1CC2C(C1C(C)C)C2(C)C. The summed E-state index contributed by atoms with van der Waals surface area (Å²) in [6.07, 6.45) is 0. The fourth-order valence-corrected chi connectivity index (χ4v) is 3.68. The van der Waals surface area contributed by atoms with Crippen LogP contribution in [0.5, 0.6) is 0 Å². The number of fused-ring (bicyclic) bond motifs is 1. The molecule has 1 aliphatic carbocycles. The lowest BCUT2D eigenvalue weighted by molar-refractivity contribution is -0.137. The van der Waals surface area contributed by atoms with Gasteiger partial charge in [-0.15, -0.1) is 0 Å². The maximum atomic E-state index is 12.2. The molecule has 2 fully saturated rings. The first kappa shape index (κ1) is 11.9. The van der Waals surface area contributed by atoms with E-state index in [4.69, 9.17) is 0 Å². The van der Waals surface area contributed by atoms with Crippen LogP contribution in [0.1, 0.15) is 41.5 Å². The molecular weight excluding hydrogens is 198 g/mol. The minimum Gasteiger partial charge on any atom is -0.339 e. The Morgan fingerprint density at radius 3 is 2.25 bits per heavy atom. The molecule has 16 heavy (non-hydrogen) atoms. The van der Waals surface area contributed by atoms with E-state index in [1.165, 1.54) is 0 Å². The number of hydrogen-bond acceptors (Lipinski definition) is 1. The lowest BCUT2D eigenvalue weighted by atomic mass is 9.92. The van der Waals surface area contributed by atoms with Gasteiger partial charge in [0, 0.05) is 18.5 Å². The molecule has 0 aromatic carbocycles. The van der Waals surface area contributed by atoms with Gasteiger partial charge in [-0.1, -0.05) is 41.5 Å². The molecule has 2 heteroatoms. The number of nitrogens with zero attached hydrogens (tertiary/aromatic N) is 1. The third-order valence-electron chi connectivity index (χ3n) is 4.72. The summed E-state index contributed by atoms with van der Waals surface area (Å²) in [6, 6.07) is 0.481. The van der Waals surface area contributed by atoms with Crippen LogP contribution in [0.4, 0.5) is 0 Å². The lowest BCUT2D eigenvalue weighted by Crippen LogP contribution is -2.45. The van der Waals surface area contributed by atoms with Crippen molar-refractivity contribution < 1.29 is 4.79 Å². The molecule has 0 aromatic heterocycles. The van der Waals surface area contributed by atoms with Crippen LogP contribution in [0.2, 0.25) is 0 Å². The standard InChI is InChI=1S/C14H25NO/c1-8(2)12-11-10(14(11,5)6)7-15(12)13(16)9(3)4/h8-12H,7H2,1-6H3. The maximum absolute atomic E-state index is 12.2. The van der Waals surface area contributed by atoms with Crippen LogP contribution < -0.4 is 0 Å². The van der Waals surface area contributed by atoms with Crippen molar-refractivity contribution in [3.8, 4) is 0 Å². The van der Waals surface area contributed by atoms with E-state index >= 15 is 0 Å². The van der Waals surface area contributed by atoms with Crippen LogP contribution >= 0.6 is 0 Å². The molecule has 2 nitrogen and oxygen atoms in total. The topological polar surface area (TPSA) is 20.3 Å². The molecule has 0 N–H and O–H groups in total. The zero-order valence-corrected chi connectivity index (χ0v) is 11.4. The van der Waals surface area contributed by atoms with Crippen molar-refractivity contribution in [2.24, 2.45) is 29.1 Å². The van der Waals surface area contributed by atoms with Crippen molar-refractivity contribution in [3.05, 3.63) is 0 Å². The molecule has 0 spiro atoms. The second-order valence-corrected chi connectivity index (χ2v) is 6.83. The predicted molar refractivity (Wildman–Crippen MR) is 65.9 cm³/mol. The third kappa shape index (κ3) is 1.49. The molecule has 2 aliphatic rings. The first-order chi connectivity index (χ1) is 7.28. The normalized spacial score (nSPS) is 35.8. The van der Waals surface area contributed by atoms with Crippen molar-refractivity contribution in [2.45, 2.75) is 47.6 Å². The Balaban J connectivity index is 2.16. The molecule has 92 valence electrons. The van der Waals surface area contributed by atoms with Crippen LogP contribution in [0.25, 0.3) is 0 Å². The van der Waals surface area contributed by atoms with Gasteiger partial charge in [0.1, 0.15) is 0 Å². The Labute approximate surface area is 99.4 Å². The monoisotopic (exact) mass is 223 g/mol. The van der Waals surface area contributed by atoms with Gasteiger partial charge < -0.3 is 4.90 Å². The molecule has 1 heterocycles. The molecule has 2 rings (SSSR count). The Morgan fingerprint density at radius 1 is 1.25 bits per heavy atom. The number of carbonyl (C=O) groups is 1. The highest BCUT2D eigenvalue weighted by molar-refractivity contribution is 5.79. The lowest BCUT2D eigenvalue weighted by Gasteiger charge is -2.34. The number of carbonyl (C=O) groups excluding carboxylic acids is 1. The Kier molecular flexibility index (Phi) is 2.60. The molecule has 0 bridgehead atoms. The van der Waals surface area contributed by atoms with Gasteiger partial charge >= 0.3 is 0 Å². The van der Waals surface area contributed by atoms with Gasteiger partial charge in [0.05, 0.1) is 0 Å². The second-order valence-electron chi connectivity index (χ2n) is 6.83. The van der Waals surface area contributed by atoms with Gasteiger partial charge in [-0.25, -0.2) is 0 Å². The van der Waals surface area contributed by atoms with E-state index in [9.17, 15) is 4.79 Å². The molecule has 3 unspecified atom stereocenters. The first-order valence-electron chi connectivity index (χ1n) is 6.59. The van der Waals surface area contributed by atoms with Crippen molar-refractivity contribution >= 4 is 5.91 Å². The molecule has 1 saturated heterocycles.